The molecule has 0 spiro atoms. The van der Waals surface area contributed by atoms with Crippen molar-refractivity contribution in [3.63, 3.8) is 0 Å². The van der Waals surface area contributed by atoms with Crippen molar-refractivity contribution in [1.82, 2.24) is 9.55 Å². The van der Waals surface area contributed by atoms with Gasteiger partial charge >= 0.3 is 7.60 Å². The largest absolute Gasteiger partial charge is 0.495 e. The Balaban J connectivity index is 1.87. The minimum atomic E-state index is -3.44. The molecule has 3 rings (SSSR count). The van der Waals surface area contributed by atoms with Crippen molar-refractivity contribution in [3.05, 3.63) is 42.7 Å². The predicted molar refractivity (Wildman–Crippen MR) is 124 cm³/mol. The van der Waals surface area contributed by atoms with Crippen LogP contribution in [-0.4, -0.2) is 35.0 Å². The molecule has 0 saturated carbocycles. The summed E-state index contributed by atoms with van der Waals surface area (Å²) in [5, 5.41) is 7.03. The number of nitrogens with zero attached hydrogens (tertiary/aromatic N) is 2. The van der Waals surface area contributed by atoms with E-state index in [-0.39, 0.29) is 13.2 Å². The second kappa shape index (κ2) is 9.57. The Morgan fingerprint density at radius 2 is 1.83 bits per heavy atom. The van der Waals surface area contributed by atoms with Crippen LogP contribution in [0.3, 0.4) is 0 Å². The maximum Gasteiger partial charge on any atom is 0.361 e. The SMILES string of the molecule is CCOP(=O)(OCC)c1ccc(OC)c(NC(=S)Nc2cccc3c2ncn3C)c1. The molecule has 3 aromatic rings. The molecule has 0 fully saturated rings. The Morgan fingerprint density at radius 1 is 1.13 bits per heavy atom. The van der Waals surface area contributed by atoms with Crippen LogP contribution in [0.25, 0.3) is 11.0 Å². The molecule has 0 saturated heterocycles. The Morgan fingerprint density at radius 3 is 2.50 bits per heavy atom. The topological polar surface area (TPSA) is 86.6 Å². The van der Waals surface area contributed by atoms with Crippen LogP contribution < -0.4 is 20.7 Å². The van der Waals surface area contributed by atoms with E-state index in [4.69, 9.17) is 26.0 Å². The summed E-state index contributed by atoms with van der Waals surface area (Å²) in [4.78, 5) is 4.42. The number of rotatable bonds is 8. The van der Waals surface area contributed by atoms with Crippen LogP contribution in [-0.2, 0) is 20.7 Å². The van der Waals surface area contributed by atoms with Gasteiger partial charge in [-0.3, -0.25) is 4.57 Å². The van der Waals surface area contributed by atoms with E-state index in [0.29, 0.717) is 21.9 Å². The lowest BCUT2D eigenvalue weighted by Gasteiger charge is -2.19. The maximum atomic E-state index is 13.1. The van der Waals surface area contributed by atoms with Crippen molar-refractivity contribution >= 4 is 52.6 Å². The number of thiocarbonyl (C=S) groups is 1. The molecule has 2 aromatic carbocycles. The van der Waals surface area contributed by atoms with E-state index in [9.17, 15) is 4.57 Å². The number of ether oxygens (including phenoxy) is 1. The number of fused-ring (bicyclic) bond motifs is 1. The number of aryl methyl sites for hydroxylation is 1. The van der Waals surface area contributed by atoms with E-state index >= 15 is 0 Å². The molecule has 1 heterocycles. The summed E-state index contributed by atoms with van der Waals surface area (Å²) in [6.45, 7) is 4.07. The number of aromatic nitrogens is 2. The first-order valence-corrected chi connectivity index (χ1v) is 11.4. The van der Waals surface area contributed by atoms with Gasteiger partial charge in [0.15, 0.2) is 5.11 Å². The van der Waals surface area contributed by atoms with Crippen molar-refractivity contribution in [1.29, 1.82) is 0 Å². The van der Waals surface area contributed by atoms with Crippen LogP contribution in [0.1, 0.15) is 13.8 Å². The lowest BCUT2D eigenvalue weighted by atomic mass is 10.2. The highest BCUT2D eigenvalue weighted by molar-refractivity contribution is 7.80. The summed E-state index contributed by atoms with van der Waals surface area (Å²) in [5.74, 6) is 0.540. The monoisotopic (exact) mass is 448 g/mol. The number of hydrogen-bond donors (Lipinski definition) is 2. The molecule has 0 aliphatic heterocycles. The van der Waals surface area contributed by atoms with Crippen molar-refractivity contribution in [3.8, 4) is 5.75 Å². The first kappa shape index (κ1) is 22.2. The number of nitrogens with one attached hydrogen (secondary N) is 2. The van der Waals surface area contributed by atoms with Gasteiger partial charge in [-0.05, 0) is 56.4 Å². The molecular weight excluding hydrogens is 423 g/mol. The average Bonchev–Trinajstić information content (AvgIpc) is 3.10. The van der Waals surface area contributed by atoms with Crippen molar-refractivity contribution in [2.24, 2.45) is 7.05 Å². The van der Waals surface area contributed by atoms with Crippen LogP contribution in [0.4, 0.5) is 11.4 Å². The third-order valence-corrected chi connectivity index (χ3v) is 6.66. The molecule has 8 nitrogen and oxygen atoms in total. The fourth-order valence-electron chi connectivity index (χ4n) is 3.03. The number of imidazole rings is 1. The highest BCUT2D eigenvalue weighted by Crippen LogP contribution is 2.47. The van der Waals surface area contributed by atoms with Gasteiger partial charge in [-0.2, -0.15) is 0 Å². The molecule has 0 aliphatic rings. The fourth-order valence-corrected chi connectivity index (χ4v) is 4.84. The Kier molecular flexibility index (Phi) is 7.10. The predicted octanol–water partition coefficient (Wildman–Crippen LogP) is 4.28. The van der Waals surface area contributed by atoms with Crippen LogP contribution in [0, 0.1) is 0 Å². The molecular formula is C20H25N4O4PS. The molecule has 160 valence electrons. The van der Waals surface area contributed by atoms with E-state index in [0.717, 1.165) is 16.7 Å². The summed E-state index contributed by atoms with van der Waals surface area (Å²) < 4.78 is 31.4. The lowest BCUT2D eigenvalue weighted by Crippen LogP contribution is -2.21. The number of hydrogen-bond acceptors (Lipinski definition) is 6. The molecule has 1 aromatic heterocycles. The Labute approximate surface area is 181 Å². The molecule has 2 N–H and O–H groups in total. The minimum Gasteiger partial charge on any atom is -0.495 e. The van der Waals surface area contributed by atoms with Crippen LogP contribution in [0.2, 0.25) is 0 Å². The summed E-state index contributed by atoms with van der Waals surface area (Å²) >= 11 is 5.49. The molecule has 0 aliphatic carbocycles. The van der Waals surface area contributed by atoms with E-state index < -0.39 is 7.60 Å². The lowest BCUT2D eigenvalue weighted by molar-refractivity contribution is 0.230. The van der Waals surface area contributed by atoms with E-state index in [1.165, 1.54) is 0 Å². The van der Waals surface area contributed by atoms with Gasteiger partial charge in [0.2, 0.25) is 0 Å². The van der Waals surface area contributed by atoms with Gasteiger partial charge < -0.3 is 29.0 Å². The van der Waals surface area contributed by atoms with Gasteiger partial charge in [-0.1, -0.05) is 6.07 Å². The second-order valence-corrected chi connectivity index (χ2v) is 8.76. The van der Waals surface area contributed by atoms with Crippen molar-refractivity contribution in [2.45, 2.75) is 13.8 Å². The smallest absolute Gasteiger partial charge is 0.361 e. The quantitative estimate of drug-likeness (QED) is 0.390. The first-order valence-electron chi connectivity index (χ1n) is 9.47. The van der Waals surface area contributed by atoms with Gasteiger partial charge in [0.1, 0.15) is 11.3 Å². The Hall–Kier alpha value is -2.45. The van der Waals surface area contributed by atoms with Crippen molar-refractivity contribution < 1.29 is 18.3 Å². The summed E-state index contributed by atoms with van der Waals surface area (Å²) in [7, 11) is 0.0425. The fraction of sp³-hybridized carbons (Fsp3) is 0.300. The summed E-state index contributed by atoms with van der Waals surface area (Å²) in [6, 6.07) is 10.8. The highest BCUT2D eigenvalue weighted by Gasteiger charge is 2.27. The third kappa shape index (κ3) is 4.65. The molecule has 30 heavy (non-hydrogen) atoms. The second-order valence-electron chi connectivity index (χ2n) is 6.33. The minimum absolute atomic E-state index is 0.264. The van der Waals surface area contributed by atoms with Gasteiger partial charge in [-0.15, -0.1) is 0 Å². The van der Waals surface area contributed by atoms with Gasteiger partial charge in [-0.25, -0.2) is 4.98 Å². The summed E-state index contributed by atoms with van der Waals surface area (Å²) in [5.41, 5.74) is 3.11. The zero-order chi connectivity index (χ0) is 21.7. The van der Waals surface area contributed by atoms with E-state index in [1.807, 2.05) is 29.8 Å². The summed E-state index contributed by atoms with van der Waals surface area (Å²) in [6.07, 6.45) is 1.75. The highest BCUT2D eigenvalue weighted by atomic mass is 32.1. The van der Waals surface area contributed by atoms with E-state index in [2.05, 4.69) is 15.6 Å². The van der Waals surface area contributed by atoms with Gasteiger partial charge in [0.05, 0.1) is 48.8 Å². The zero-order valence-corrected chi connectivity index (χ0v) is 19.0. The molecule has 0 amide bonds. The molecule has 0 bridgehead atoms. The maximum absolute atomic E-state index is 13.1. The average molecular weight is 448 g/mol. The normalized spacial score (nSPS) is 11.5. The van der Waals surface area contributed by atoms with Crippen molar-refractivity contribution in [2.75, 3.05) is 31.0 Å². The zero-order valence-electron chi connectivity index (χ0n) is 17.3. The van der Waals surface area contributed by atoms with Crippen LogP contribution in [0.5, 0.6) is 5.75 Å². The molecule has 10 heteroatoms. The third-order valence-electron chi connectivity index (χ3n) is 4.35. The van der Waals surface area contributed by atoms with Gasteiger partial charge in [0.25, 0.3) is 0 Å². The van der Waals surface area contributed by atoms with E-state index in [1.54, 1.807) is 45.5 Å². The van der Waals surface area contributed by atoms with Crippen LogP contribution in [0.15, 0.2) is 42.7 Å². The molecule has 0 unspecified atom stereocenters. The standard InChI is InChI=1S/C20H25N4O4PS/c1-5-27-29(25,28-6-2)14-10-11-18(26-4)16(12-14)23-20(30)22-15-8-7-9-17-19(15)21-13-24(17)3/h7-13H,5-6H2,1-4H3,(H2,22,23,30). The van der Waals surface area contributed by atoms with Crippen LogP contribution >= 0.6 is 19.8 Å². The number of para-hydroxylation sites is 1. The number of anilines is 2. The number of benzene rings is 2. The molecule has 0 atom stereocenters. The first-order chi connectivity index (χ1) is 14.4. The molecule has 0 radical (unpaired) electrons. The Bertz CT molecular complexity index is 1090. The van der Waals surface area contributed by atoms with Gasteiger partial charge in [0, 0.05) is 7.05 Å². The number of methoxy groups -OCH3 is 1.